The highest BCUT2D eigenvalue weighted by Crippen LogP contribution is 2.19. The molecule has 19 heavy (non-hydrogen) atoms. The Labute approximate surface area is 112 Å². The van der Waals surface area contributed by atoms with Crippen LogP contribution in [0.2, 0.25) is 0 Å². The fourth-order valence-electron chi connectivity index (χ4n) is 2.03. The van der Waals surface area contributed by atoms with Crippen LogP contribution in [0.15, 0.2) is 42.7 Å². The summed E-state index contributed by atoms with van der Waals surface area (Å²) in [5, 5.41) is 3.31. The molecule has 1 fully saturated rings. The van der Waals surface area contributed by atoms with Gasteiger partial charge in [-0.1, -0.05) is 18.2 Å². The SMILES string of the molecule is c1ccc(Oc2cnc(N3CCNCC3)cn2)cc1. The van der Waals surface area contributed by atoms with Gasteiger partial charge >= 0.3 is 0 Å². The minimum atomic E-state index is 0.519. The number of rotatable bonds is 3. The summed E-state index contributed by atoms with van der Waals surface area (Å²) < 4.78 is 5.62. The van der Waals surface area contributed by atoms with Gasteiger partial charge in [0.05, 0.1) is 12.4 Å². The number of hydrogen-bond acceptors (Lipinski definition) is 5. The molecular formula is C14H16N4O. The van der Waals surface area contributed by atoms with E-state index < -0.39 is 0 Å². The van der Waals surface area contributed by atoms with Crippen molar-refractivity contribution in [1.29, 1.82) is 0 Å². The molecule has 1 aromatic carbocycles. The number of hydrogen-bond donors (Lipinski definition) is 1. The molecule has 0 atom stereocenters. The van der Waals surface area contributed by atoms with Crippen molar-refractivity contribution in [2.24, 2.45) is 0 Å². The Balaban J connectivity index is 1.68. The van der Waals surface area contributed by atoms with Crippen LogP contribution < -0.4 is 15.0 Å². The Morgan fingerprint density at radius 1 is 1.00 bits per heavy atom. The Morgan fingerprint density at radius 2 is 1.79 bits per heavy atom. The molecule has 0 spiro atoms. The van der Waals surface area contributed by atoms with E-state index in [0.717, 1.165) is 37.7 Å². The predicted molar refractivity (Wildman–Crippen MR) is 73.6 cm³/mol. The first-order chi connectivity index (χ1) is 9.42. The molecule has 1 aliphatic rings. The summed E-state index contributed by atoms with van der Waals surface area (Å²) in [6, 6.07) is 9.60. The van der Waals surface area contributed by atoms with E-state index in [1.807, 2.05) is 30.3 Å². The Kier molecular flexibility index (Phi) is 3.56. The molecule has 1 aromatic heterocycles. The Bertz CT molecular complexity index is 509. The first kappa shape index (κ1) is 11.9. The van der Waals surface area contributed by atoms with Gasteiger partial charge in [-0.2, -0.15) is 0 Å². The molecule has 0 bridgehead atoms. The van der Waals surface area contributed by atoms with Gasteiger partial charge in [-0.15, -0.1) is 0 Å². The molecule has 1 N–H and O–H groups in total. The fourth-order valence-corrected chi connectivity index (χ4v) is 2.03. The van der Waals surface area contributed by atoms with E-state index in [0.29, 0.717) is 5.88 Å². The summed E-state index contributed by atoms with van der Waals surface area (Å²) in [4.78, 5) is 10.9. The molecule has 2 aromatic rings. The number of para-hydroxylation sites is 1. The highest BCUT2D eigenvalue weighted by atomic mass is 16.5. The lowest BCUT2D eigenvalue weighted by Gasteiger charge is -2.27. The monoisotopic (exact) mass is 256 g/mol. The van der Waals surface area contributed by atoms with E-state index in [4.69, 9.17) is 4.74 Å². The van der Waals surface area contributed by atoms with Gasteiger partial charge in [0.1, 0.15) is 11.6 Å². The van der Waals surface area contributed by atoms with Crippen molar-refractivity contribution in [1.82, 2.24) is 15.3 Å². The predicted octanol–water partition coefficient (Wildman–Crippen LogP) is 1.68. The number of anilines is 1. The van der Waals surface area contributed by atoms with Gasteiger partial charge < -0.3 is 15.0 Å². The molecule has 1 aliphatic heterocycles. The molecule has 3 rings (SSSR count). The second-order valence-electron chi connectivity index (χ2n) is 4.36. The third-order valence-electron chi connectivity index (χ3n) is 3.02. The van der Waals surface area contributed by atoms with Gasteiger partial charge in [0.2, 0.25) is 5.88 Å². The molecule has 5 heteroatoms. The molecule has 0 unspecified atom stereocenters. The summed E-state index contributed by atoms with van der Waals surface area (Å²) >= 11 is 0. The first-order valence-electron chi connectivity index (χ1n) is 6.42. The zero-order valence-corrected chi connectivity index (χ0v) is 10.6. The van der Waals surface area contributed by atoms with Gasteiger partial charge in [-0.05, 0) is 12.1 Å². The minimum Gasteiger partial charge on any atom is -0.438 e. The number of benzene rings is 1. The van der Waals surface area contributed by atoms with E-state index in [1.165, 1.54) is 0 Å². The Hall–Kier alpha value is -2.14. The molecule has 0 radical (unpaired) electrons. The van der Waals surface area contributed by atoms with Crippen LogP contribution in [0.3, 0.4) is 0 Å². The van der Waals surface area contributed by atoms with Gasteiger partial charge in [0.25, 0.3) is 0 Å². The van der Waals surface area contributed by atoms with Crippen LogP contribution in [0.5, 0.6) is 11.6 Å². The lowest BCUT2D eigenvalue weighted by Crippen LogP contribution is -2.43. The molecule has 0 amide bonds. The van der Waals surface area contributed by atoms with Crippen LogP contribution in [0.4, 0.5) is 5.82 Å². The summed E-state index contributed by atoms with van der Waals surface area (Å²) in [7, 11) is 0. The third-order valence-corrected chi connectivity index (χ3v) is 3.02. The smallest absolute Gasteiger partial charge is 0.237 e. The van der Waals surface area contributed by atoms with E-state index in [-0.39, 0.29) is 0 Å². The maximum Gasteiger partial charge on any atom is 0.237 e. The Morgan fingerprint density at radius 3 is 2.47 bits per heavy atom. The van der Waals surface area contributed by atoms with Crippen molar-refractivity contribution in [3.63, 3.8) is 0 Å². The topological polar surface area (TPSA) is 50.3 Å². The van der Waals surface area contributed by atoms with Crippen LogP contribution in [0.25, 0.3) is 0 Å². The lowest BCUT2D eigenvalue weighted by atomic mass is 10.3. The van der Waals surface area contributed by atoms with Crippen molar-refractivity contribution >= 4 is 5.82 Å². The summed E-state index contributed by atoms with van der Waals surface area (Å²) in [6.45, 7) is 3.91. The van der Waals surface area contributed by atoms with Crippen molar-refractivity contribution in [3.05, 3.63) is 42.7 Å². The molecule has 2 heterocycles. The zero-order chi connectivity index (χ0) is 12.9. The van der Waals surface area contributed by atoms with Crippen LogP contribution in [-0.4, -0.2) is 36.1 Å². The highest BCUT2D eigenvalue weighted by Gasteiger charge is 2.11. The largest absolute Gasteiger partial charge is 0.438 e. The molecular weight excluding hydrogens is 240 g/mol. The number of ether oxygens (including phenoxy) is 1. The van der Waals surface area contributed by atoms with Crippen LogP contribution in [0, 0.1) is 0 Å². The third kappa shape index (κ3) is 3.00. The standard InChI is InChI=1S/C14H16N4O/c1-2-4-12(5-3-1)19-14-11-16-13(10-17-14)18-8-6-15-7-9-18/h1-5,10-11,15H,6-9H2. The number of aromatic nitrogens is 2. The normalized spacial score (nSPS) is 15.3. The number of nitrogens with zero attached hydrogens (tertiary/aromatic N) is 3. The van der Waals surface area contributed by atoms with E-state index in [2.05, 4.69) is 20.2 Å². The molecule has 0 saturated carbocycles. The quantitative estimate of drug-likeness (QED) is 0.905. The summed E-state index contributed by atoms with van der Waals surface area (Å²) in [6.07, 6.45) is 3.44. The van der Waals surface area contributed by atoms with E-state index in [9.17, 15) is 0 Å². The van der Waals surface area contributed by atoms with Crippen molar-refractivity contribution in [3.8, 4) is 11.6 Å². The summed E-state index contributed by atoms with van der Waals surface area (Å²) in [5.74, 6) is 2.19. The van der Waals surface area contributed by atoms with Gasteiger partial charge in [0.15, 0.2) is 0 Å². The second-order valence-corrected chi connectivity index (χ2v) is 4.36. The van der Waals surface area contributed by atoms with Crippen molar-refractivity contribution in [2.75, 3.05) is 31.1 Å². The minimum absolute atomic E-state index is 0.519. The van der Waals surface area contributed by atoms with Gasteiger partial charge in [-0.3, -0.25) is 0 Å². The lowest BCUT2D eigenvalue weighted by molar-refractivity contribution is 0.459. The molecule has 5 nitrogen and oxygen atoms in total. The zero-order valence-electron chi connectivity index (χ0n) is 10.6. The number of nitrogens with one attached hydrogen (secondary N) is 1. The van der Waals surface area contributed by atoms with E-state index >= 15 is 0 Å². The highest BCUT2D eigenvalue weighted by molar-refractivity contribution is 5.37. The molecule has 98 valence electrons. The van der Waals surface area contributed by atoms with Crippen molar-refractivity contribution in [2.45, 2.75) is 0 Å². The van der Waals surface area contributed by atoms with E-state index in [1.54, 1.807) is 12.4 Å². The maximum atomic E-state index is 5.62. The van der Waals surface area contributed by atoms with Crippen molar-refractivity contribution < 1.29 is 4.74 Å². The molecule has 0 aliphatic carbocycles. The average molecular weight is 256 g/mol. The van der Waals surface area contributed by atoms with Crippen LogP contribution in [-0.2, 0) is 0 Å². The van der Waals surface area contributed by atoms with Crippen LogP contribution >= 0.6 is 0 Å². The fraction of sp³-hybridized carbons (Fsp3) is 0.286. The second kappa shape index (κ2) is 5.67. The van der Waals surface area contributed by atoms with Crippen LogP contribution in [0.1, 0.15) is 0 Å². The maximum absolute atomic E-state index is 5.62. The average Bonchev–Trinajstić information content (AvgIpc) is 2.50. The summed E-state index contributed by atoms with van der Waals surface area (Å²) in [5.41, 5.74) is 0. The van der Waals surface area contributed by atoms with Gasteiger partial charge in [-0.25, -0.2) is 9.97 Å². The van der Waals surface area contributed by atoms with Gasteiger partial charge in [0, 0.05) is 26.2 Å². The number of piperazine rings is 1. The molecule has 1 saturated heterocycles. The first-order valence-corrected chi connectivity index (χ1v) is 6.42.